The molecule has 1 aliphatic heterocycles. The first-order chi connectivity index (χ1) is 18.3. The molecule has 0 spiro atoms. The number of carbonyl (C=O) groups excluding carboxylic acids is 1. The summed E-state index contributed by atoms with van der Waals surface area (Å²) >= 11 is 1.52. The number of aromatic nitrogens is 4. The van der Waals surface area contributed by atoms with Crippen molar-refractivity contribution < 1.29 is 29.3 Å². The van der Waals surface area contributed by atoms with Crippen molar-refractivity contribution >= 4 is 23.6 Å². The Bertz CT molecular complexity index is 1220. The topological polar surface area (TPSA) is 149 Å². The highest BCUT2D eigenvalue weighted by molar-refractivity contribution is 7.99. The maximum Gasteiger partial charge on any atom is 0.303 e. The quantitative estimate of drug-likeness (QED) is 0.309. The Labute approximate surface area is 224 Å². The van der Waals surface area contributed by atoms with Gasteiger partial charge in [-0.15, -0.1) is 5.10 Å². The number of aliphatic hydroxyl groups excluding tert-OH is 1. The van der Waals surface area contributed by atoms with E-state index in [1.165, 1.54) is 11.8 Å². The van der Waals surface area contributed by atoms with Gasteiger partial charge in [0, 0.05) is 37.2 Å². The van der Waals surface area contributed by atoms with Crippen molar-refractivity contribution in [3.8, 4) is 0 Å². The van der Waals surface area contributed by atoms with Crippen molar-refractivity contribution in [2.45, 2.75) is 56.6 Å². The van der Waals surface area contributed by atoms with Gasteiger partial charge in [0.25, 0.3) is 0 Å². The smallest absolute Gasteiger partial charge is 0.303 e. The number of ether oxygens (including phenoxy) is 2. The van der Waals surface area contributed by atoms with Gasteiger partial charge in [0.05, 0.1) is 25.2 Å². The van der Waals surface area contributed by atoms with Crippen LogP contribution >= 0.6 is 11.8 Å². The molecule has 1 aromatic heterocycles. The van der Waals surface area contributed by atoms with E-state index in [1.54, 1.807) is 11.7 Å². The second-order valence-corrected chi connectivity index (χ2v) is 10.1. The number of carbonyl (C=O) groups is 2. The first-order valence-corrected chi connectivity index (χ1v) is 13.3. The molecule has 0 radical (unpaired) electrons. The molecule has 1 aliphatic rings. The maximum absolute atomic E-state index is 11.8. The number of aliphatic hydroxyl groups is 1. The number of benzene rings is 2. The first kappa shape index (κ1) is 27.7. The van der Waals surface area contributed by atoms with Gasteiger partial charge in [-0.2, -0.15) is 0 Å². The SMILES string of the molecule is C[C@@H]1[C@H](CSc2nnnn2C)O[C@H](c2ccc(CNC(=O)CCC(=O)O)cc2)O[C@@H]1c1ccc(CO)cc1. The fraction of sp³-hybridized carbons (Fsp3) is 0.423. The van der Waals surface area contributed by atoms with Crippen LogP contribution in [0.4, 0.5) is 0 Å². The number of tetrazole rings is 1. The highest BCUT2D eigenvalue weighted by Crippen LogP contribution is 2.42. The van der Waals surface area contributed by atoms with Crippen molar-refractivity contribution in [3.63, 3.8) is 0 Å². The van der Waals surface area contributed by atoms with Crippen LogP contribution in [0.25, 0.3) is 0 Å². The van der Waals surface area contributed by atoms with Crippen molar-refractivity contribution in [1.29, 1.82) is 0 Å². The number of carboxylic acids is 1. The van der Waals surface area contributed by atoms with E-state index < -0.39 is 12.3 Å². The van der Waals surface area contributed by atoms with E-state index in [0.717, 1.165) is 22.3 Å². The summed E-state index contributed by atoms with van der Waals surface area (Å²) in [6.45, 7) is 2.37. The van der Waals surface area contributed by atoms with Crippen LogP contribution in [0.1, 0.15) is 54.4 Å². The average Bonchev–Trinajstić information content (AvgIpc) is 3.35. The maximum atomic E-state index is 11.8. The summed E-state index contributed by atoms with van der Waals surface area (Å²) < 4.78 is 14.5. The van der Waals surface area contributed by atoms with Gasteiger partial charge in [0.2, 0.25) is 11.1 Å². The van der Waals surface area contributed by atoms with Crippen LogP contribution in [0, 0.1) is 5.92 Å². The molecular formula is C26H31N5O6S. The first-order valence-electron chi connectivity index (χ1n) is 12.3. The molecule has 4 atom stereocenters. The van der Waals surface area contributed by atoms with Crippen molar-refractivity contribution in [1.82, 2.24) is 25.5 Å². The predicted molar refractivity (Wildman–Crippen MR) is 138 cm³/mol. The lowest BCUT2D eigenvalue weighted by Crippen LogP contribution is -2.38. The molecule has 3 aromatic rings. The number of hydrogen-bond donors (Lipinski definition) is 3. The standard InChI is InChI=1S/C26H31N5O6S/c1-16-21(15-38-26-28-29-30-31(26)2)36-25(37-24(16)19-7-5-18(14-32)6-8-19)20-9-3-17(4-10-20)13-27-22(33)11-12-23(34)35/h3-10,16,21,24-25,32H,11-15H2,1-2H3,(H,27,33)(H,34,35)/t16-,21+,24+,25+/m1/s1. The van der Waals surface area contributed by atoms with Gasteiger partial charge in [-0.25, -0.2) is 4.68 Å². The molecule has 3 N–H and O–H groups in total. The Morgan fingerprint density at radius 1 is 1.03 bits per heavy atom. The van der Waals surface area contributed by atoms with Crippen molar-refractivity contribution in [2.24, 2.45) is 13.0 Å². The Kier molecular flexibility index (Phi) is 9.45. The van der Waals surface area contributed by atoms with Gasteiger partial charge >= 0.3 is 5.97 Å². The summed E-state index contributed by atoms with van der Waals surface area (Å²) in [5.74, 6) is -0.655. The van der Waals surface area contributed by atoms with Crippen LogP contribution in [0.3, 0.4) is 0 Å². The molecule has 11 nitrogen and oxygen atoms in total. The van der Waals surface area contributed by atoms with E-state index in [2.05, 4.69) is 27.8 Å². The summed E-state index contributed by atoms with van der Waals surface area (Å²) in [7, 11) is 1.79. The molecule has 12 heteroatoms. The van der Waals surface area contributed by atoms with Crippen LogP contribution in [0.5, 0.6) is 0 Å². The van der Waals surface area contributed by atoms with Gasteiger partial charge in [-0.05, 0) is 27.1 Å². The summed E-state index contributed by atoms with van der Waals surface area (Å²) in [6.07, 6.45) is -1.27. The van der Waals surface area contributed by atoms with E-state index in [4.69, 9.17) is 14.6 Å². The van der Waals surface area contributed by atoms with Crippen molar-refractivity contribution in [2.75, 3.05) is 5.75 Å². The fourth-order valence-corrected chi connectivity index (χ4v) is 5.13. The molecule has 202 valence electrons. The minimum absolute atomic E-state index is 0.0234. The van der Waals surface area contributed by atoms with Gasteiger partial charge < -0.3 is 25.0 Å². The van der Waals surface area contributed by atoms with Crippen LogP contribution in [-0.4, -0.2) is 54.2 Å². The minimum Gasteiger partial charge on any atom is -0.481 e. The summed E-state index contributed by atoms with van der Waals surface area (Å²) in [4.78, 5) is 22.5. The number of aliphatic carboxylic acids is 1. The van der Waals surface area contributed by atoms with E-state index >= 15 is 0 Å². The van der Waals surface area contributed by atoms with Gasteiger partial charge in [0.1, 0.15) is 0 Å². The zero-order valence-electron chi connectivity index (χ0n) is 21.2. The number of nitrogens with one attached hydrogen (secondary N) is 1. The third-order valence-corrected chi connectivity index (χ3v) is 7.49. The molecule has 38 heavy (non-hydrogen) atoms. The van der Waals surface area contributed by atoms with Crippen molar-refractivity contribution in [3.05, 3.63) is 70.8 Å². The molecule has 0 unspecified atom stereocenters. The number of carboxylic acid groups (broad SMARTS) is 1. The lowest BCUT2D eigenvalue weighted by molar-refractivity contribution is -0.268. The molecule has 2 heterocycles. The molecule has 4 rings (SSSR count). The number of nitrogens with zero attached hydrogens (tertiary/aromatic N) is 4. The summed E-state index contributed by atoms with van der Waals surface area (Å²) in [5, 5.41) is 33.2. The zero-order chi connectivity index (χ0) is 27.1. The second kappa shape index (κ2) is 13.0. The Balaban J connectivity index is 1.47. The largest absolute Gasteiger partial charge is 0.481 e. The third kappa shape index (κ3) is 7.16. The molecule has 1 saturated heterocycles. The number of rotatable bonds is 11. The molecule has 2 aromatic carbocycles. The van der Waals surface area contributed by atoms with Gasteiger partial charge in [-0.3, -0.25) is 9.59 Å². The average molecular weight is 542 g/mol. The highest BCUT2D eigenvalue weighted by atomic mass is 32.2. The second-order valence-electron chi connectivity index (χ2n) is 9.13. The number of hydrogen-bond acceptors (Lipinski definition) is 9. The summed E-state index contributed by atoms with van der Waals surface area (Å²) in [5.41, 5.74) is 3.54. The lowest BCUT2D eigenvalue weighted by atomic mass is 9.91. The number of aryl methyl sites for hydroxylation is 1. The molecule has 1 amide bonds. The zero-order valence-corrected chi connectivity index (χ0v) is 22.0. The normalized spacial score (nSPS) is 21.2. The number of thioether (sulfide) groups is 1. The van der Waals surface area contributed by atoms with E-state index in [0.29, 0.717) is 17.5 Å². The predicted octanol–water partition coefficient (Wildman–Crippen LogP) is 2.77. The van der Waals surface area contributed by atoms with Crippen LogP contribution in [0.2, 0.25) is 0 Å². The highest BCUT2D eigenvalue weighted by Gasteiger charge is 2.38. The van der Waals surface area contributed by atoms with Gasteiger partial charge in [0.15, 0.2) is 6.29 Å². The Morgan fingerprint density at radius 3 is 2.34 bits per heavy atom. The molecule has 0 aliphatic carbocycles. The van der Waals surface area contributed by atoms with Crippen LogP contribution in [-0.2, 0) is 39.3 Å². The van der Waals surface area contributed by atoms with Gasteiger partial charge in [-0.1, -0.05) is 67.2 Å². The Morgan fingerprint density at radius 2 is 1.71 bits per heavy atom. The van der Waals surface area contributed by atoms with E-state index in [9.17, 15) is 14.7 Å². The minimum atomic E-state index is -1.00. The number of amides is 1. The summed E-state index contributed by atoms with van der Waals surface area (Å²) in [6, 6.07) is 15.3. The van der Waals surface area contributed by atoms with E-state index in [-0.39, 0.29) is 43.5 Å². The fourth-order valence-electron chi connectivity index (χ4n) is 4.11. The lowest BCUT2D eigenvalue weighted by Gasteiger charge is -2.41. The van der Waals surface area contributed by atoms with Crippen LogP contribution in [0.15, 0.2) is 53.7 Å². The monoisotopic (exact) mass is 541 g/mol. The molecule has 0 bridgehead atoms. The molecule has 1 fully saturated rings. The third-order valence-electron chi connectivity index (χ3n) is 6.39. The molecular weight excluding hydrogens is 510 g/mol. The molecule has 0 saturated carbocycles. The van der Waals surface area contributed by atoms with Crippen LogP contribution < -0.4 is 5.32 Å². The van der Waals surface area contributed by atoms with E-state index in [1.807, 2.05) is 48.5 Å². The Hall–Kier alpha value is -3.32.